The van der Waals surface area contributed by atoms with Crippen molar-refractivity contribution in [2.75, 3.05) is 25.5 Å². The number of ether oxygens (including phenoxy) is 1. The van der Waals surface area contributed by atoms with Crippen molar-refractivity contribution in [3.8, 4) is 28.4 Å². The first kappa shape index (κ1) is 22.1. The van der Waals surface area contributed by atoms with E-state index >= 15 is 0 Å². The molecule has 0 amide bonds. The number of benzene rings is 1. The molecular formula is C24H26N6O4S. The number of nitrogens with zero attached hydrogens (tertiary/aromatic N) is 5. The monoisotopic (exact) mass is 494 g/mol. The van der Waals surface area contributed by atoms with Crippen molar-refractivity contribution in [3.63, 3.8) is 0 Å². The van der Waals surface area contributed by atoms with Crippen molar-refractivity contribution >= 4 is 21.8 Å². The maximum atomic E-state index is 12.5. The normalized spacial score (nSPS) is 17.6. The number of fused-ring (bicyclic) bond motifs is 1. The summed E-state index contributed by atoms with van der Waals surface area (Å²) in [5.74, 6) is 1.70. The summed E-state index contributed by atoms with van der Waals surface area (Å²) >= 11 is 0. The summed E-state index contributed by atoms with van der Waals surface area (Å²) in [7, 11) is -1.49. The second-order valence-electron chi connectivity index (χ2n) is 8.92. The van der Waals surface area contributed by atoms with Gasteiger partial charge < -0.3 is 14.5 Å². The number of hydrogen-bond acceptors (Lipinski definition) is 8. The number of sulfonamides is 1. The molecule has 1 aromatic carbocycles. The second-order valence-corrected chi connectivity index (χ2v) is 11.1. The van der Waals surface area contributed by atoms with E-state index < -0.39 is 10.0 Å². The van der Waals surface area contributed by atoms with E-state index in [1.54, 1.807) is 23.9 Å². The molecule has 182 valence electrons. The molecule has 1 saturated heterocycles. The molecule has 1 N–H and O–H groups in total. The Balaban J connectivity index is 1.26. The van der Waals surface area contributed by atoms with E-state index in [4.69, 9.17) is 14.1 Å². The molecule has 6 rings (SSSR count). The molecule has 0 spiro atoms. The molecule has 11 heteroatoms. The van der Waals surface area contributed by atoms with E-state index in [2.05, 4.69) is 15.3 Å². The third kappa shape index (κ3) is 4.14. The average molecular weight is 495 g/mol. The molecule has 1 aliphatic carbocycles. The Bertz CT molecular complexity index is 1470. The standard InChI is InChI=1S/C24H26N6O4S/c1-33-18-4-2-3-16(15-18)21-22(30-13-14-34-24(30)28-21)20-7-10-25-23(27-20)26-17-8-11-29(12-9-17)35(31,32)19-5-6-19/h2-4,7,10,13-15,17,19H,5-6,8-9,11-12H2,1H3,(H,25,26,27). The lowest BCUT2D eigenvalue weighted by Gasteiger charge is -2.31. The first-order chi connectivity index (χ1) is 17.0. The summed E-state index contributed by atoms with van der Waals surface area (Å²) in [6, 6.07) is 9.65. The fraction of sp³-hybridized carbons (Fsp3) is 0.375. The highest BCUT2D eigenvalue weighted by Crippen LogP contribution is 2.35. The number of hydrogen-bond donors (Lipinski definition) is 1. The number of anilines is 1. The minimum absolute atomic E-state index is 0.105. The van der Waals surface area contributed by atoms with Crippen LogP contribution in [0.5, 0.6) is 5.75 Å². The maximum absolute atomic E-state index is 12.5. The van der Waals surface area contributed by atoms with Crippen LogP contribution in [0.15, 0.2) is 53.4 Å². The van der Waals surface area contributed by atoms with Gasteiger partial charge in [-0.3, -0.25) is 4.40 Å². The molecule has 35 heavy (non-hydrogen) atoms. The van der Waals surface area contributed by atoms with E-state index in [1.165, 1.54) is 0 Å². The number of piperidine rings is 1. The fourth-order valence-electron chi connectivity index (χ4n) is 4.58. The highest BCUT2D eigenvalue weighted by molar-refractivity contribution is 7.90. The molecule has 4 heterocycles. The number of oxazole rings is 1. The first-order valence-electron chi connectivity index (χ1n) is 11.7. The average Bonchev–Trinajstić information content (AvgIpc) is 3.55. The Kier molecular flexibility index (Phi) is 5.45. The van der Waals surface area contributed by atoms with Crippen molar-refractivity contribution in [3.05, 3.63) is 49.0 Å². The number of aromatic nitrogens is 4. The van der Waals surface area contributed by atoms with Crippen molar-refractivity contribution in [1.29, 1.82) is 0 Å². The zero-order valence-corrected chi connectivity index (χ0v) is 20.1. The Morgan fingerprint density at radius 1 is 1.11 bits per heavy atom. The molecule has 10 nitrogen and oxygen atoms in total. The van der Waals surface area contributed by atoms with Crippen LogP contribution in [0.1, 0.15) is 25.7 Å². The van der Waals surface area contributed by atoms with E-state index in [9.17, 15) is 8.42 Å². The molecule has 1 aliphatic heterocycles. The second kappa shape index (κ2) is 8.65. The minimum Gasteiger partial charge on any atom is -0.497 e. The summed E-state index contributed by atoms with van der Waals surface area (Å²) in [5.41, 5.74) is 3.10. The van der Waals surface area contributed by atoms with E-state index in [0.717, 1.165) is 35.5 Å². The van der Waals surface area contributed by atoms with E-state index in [-0.39, 0.29) is 11.3 Å². The largest absolute Gasteiger partial charge is 0.497 e. The van der Waals surface area contributed by atoms with Gasteiger partial charge in [0.25, 0.3) is 0 Å². The quantitative estimate of drug-likeness (QED) is 0.416. The summed E-state index contributed by atoms with van der Waals surface area (Å²) < 4.78 is 39.5. The Labute approximate surface area is 203 Å². The van der Waals surface area contributed by atoms with Crippen LogP contribution in [0.2, 0.25) is 0 Å². The number of nitrogens with one attached hydrogen (secondary N) is 1. The van der Waals surface area contributed by atoms with Gasteiger partial charge in [0.15, 0.2) is 0 Å². The van der Waals surface area contributed by atoms with Crippen molar-refractivity contribution in [1.82, 2.24) is 23.7 Å². The van der Waals surface area contributed by atoms with Crippen LogP contribution in [0.3, 0.4) is 0 Å². The van der Waals surface area contributed by atoms with Crippen molar-refractivity contribution in [2.24, 2.45) is 0 Å². The Hall–Kier alpha value is -3.44. The van der Waals surface area contributed by atoms with Crippen LogP contribution >= 0.6 is 0 Å². The number of methoxy groups -OCH3 is 1. The third-order valence-corrected chi connectivity index (χ3v) is 8.99. The zero-order valence-electron chi connectivity index (χ0n) is 19.3. The van der Waals surface area contributed by atoms with Crippen molar-refractivity contribution in [2.45, 2.75) is 37.0 Å². The predicted octanol–water partition coefficient (Wildman–Crippen LogP) is 3.43. The van der Waals surface area contributed by atoms with Gasteiger partial charge in [-0.05, 0) is 43.9 Å². The van der Waals surface area contributed by atoms with Gasteiger partial charge in [-0.15, -0.1) is 0 Å². The molecule has 2 fully saturated rings. The van der Waals surface area contributed by atoms with Crippen LogP contribution in [-0.2, 0) is 10.0 Å². The first-order valence-corrected chi connectivity index (χ1v) is 13.2. The molecule has 0 atom stereocenters. The van der Waals surface area contributed by atoms with Gasteiger partial charge in [0.1, 0.15) is 23.4 Å². The van der Waals surface area contributed by atoms with Gasteiger partial charge >= 0.3 is 5.84 Å². The lowest BCUT2D eigenvalue weighted by molar-refractivity contribution is 0.328. The number of rotatable bonds is 7. The highest BCUT2D eigenvalue weighted by atomic mass is 32.2. The minimum atomic E-state index is -3.13. The van der Waals surface area contributed by atoms with Gasteiger partial charge in [0, 0.05) is 37.1 Å². The lowest BCUT2D eigenvalue weighted by atomic mass is 10.1. The Morgan fingerprint density at radius 2 is 1.94 bits per heavy atom. The maximum Gasteiger partial charge on any atom is 0.306 e. The summed E-state index contributed by atoms with van der Waals surface area (Å²) in [6.07, 6.45) is 8.12. The third-order valence-electron chi connectivity index (χ3n) is 6.60. The van der Waals surface area contributed by atoms with Gasteiger partial charge in [-0.25, -0.2) is 22.7 Å². The van der Waals surface area contributed by atoms with Gasteiger partial charge in [-0.1, -0.05) is 12.1 Å². The zero-order chi connectivity index (χ0) is 24.0. The Morgan fingerprint density at radius 3 is 2.71 bits per heavy atom. The molecule has 1 saturated carbocycles. The van der Waals surface area contributed by atoms with Crippen LogP contribution < -0.4 is 10.1 Å². The van der Waals surface area contributed by atoms with Crippen LogP contribution in [-0.4, -0.2) is 63.6 Å². The summed E-state index contributed by atoms with van der Waals surface area (Å²) in [4.78, 5) is 13.9. The van der Waals surface area contributed by atoms with Crippen LogP contribution in [0.4, 0.5) is 5.95 Å². The molecule has 0 bridgehead atoms. The molecule has 0 radical (unpaired) electrons. The fourth-order valence-corrected chi connectivity index (χ4v) is 6.45. The molecule has 2 aliphatic rings. The predicted molar refractivity (Wildman–Crippen MR) is 131 cm³/mol. The molecular weight excluding hydrogens is 468 g/mol. The summed E-state index contributed by atoms with van der Waals surface area (Å²) in [5, 5.41) is 3.24. The lowest BCUT2D eigenvalue weighted by Crippen LogP contribution is -2.43. The number of imidazole rings is 1. The topological polar surface area (TPSA) is 115 Å². The highest BCUT2D eigenvalue weighted by Gasteiger charge is 2.41. The van der Waals surface area contributed by atoms with Gasteiger partial charge in [0.05, 0.1) is 18.1 Å². The molecule has 4 aromatic rings. The van der Waals surface area contributed by atoms with Crippen molar-refractivity contribution < 1.29 is 17.6 Å². The smallest absolute Gasteiger partial charge is 0.306 e. The SMILES string of the molecule is COc1cccc(-c2nc3occn3c2-c2ccnc(NC3CCN(S(=O)(=O)C4CC4)CC3)n2)c1. The van der Waals surface area contributed by atoms with E-state index in [0.29, 0.717) is 43.4 Å². The summed E-state index contributed by atoms with van der Waals surface area (Å²) in [6.45, 7) is 1.04. The molecule has 3 aromatic heterocycles. The van der Waals surface area contributed by atoms with Crippen LogP contribution in [0.25, 0.3) is 28.5 Å². The van der Waals surface area contributed by atoms with Crippen LogP contribution in [0, 0.1) is 0 Å². The van der Waals surface area contributed by atoms with Gasteiger partial charge in [-0.2, -0.15) is 4.98 Å². The van der Waals surface area contributed by atoms with Gasteiger partial charge in [0.2, 0.25) is 16.0 Å². The molecule has 0 unspecified atom stereocenters. The van der Waals surface area contributed by atoms with E-state index in [1.807, 2.05) is 40.9 Å².